The molecule has 4 N–H and O–H groups in total. The van der Waals surface area contributed by atoms with E-state index >= 15 is 0 Å². The molecule has 4 atom stereocenters. The molecule has 22 heteroatoms. The molecule has 0 spiro atoms. The first kappa shape index (κ1) is 64.9. The Bertz CT molecular complexity index is 2570. The number of imide groups is 4. The summed E-state index contributed by atoms with van der Waals surface area (Å²) >= 11 is 0. The first-order chi connectivity index (χ1) is 35.0. The number of carbonyl (C=O) groups excluding carboxylic acids is 8. The Balaban J connectivity index is 0.000000271. The van der Waals surface area contributed by atoms with Crippen molar-refractivity contribution in [1.29, 1.82) is 0 Å². The quantitative estimate of drug-likeness (QED) is 0.101. The summed E-state index contributed by atoms with van der Waals surface area (Å²) in [6.07, 6.45) is 0. The van der Waals surface area contributed by atoms with Crippen LogP contribution in [0.5, 0.6) is 0 Å². The molecule has 8 rings (SSSR count). The molecule has 4 aliphatic heterocycles. The second-order valence-corrected chi connectivity index (χ2v) is 22.5. The van der Waals surface area contributed by atoms with Gasteiger partial charge in [-0.25, -0.2) is 19.2 Å². The van der Waals surface area contributed by atoms with Gasteiger partial charge in [-0.05, 0) is 70.2 Å². The van der Waals surface area contributed by atoms with Gasteiger partial charge in [0.05, 0.1) is 44.5 Å². The smallest absolute Gasteiger partial charge is 0.327 e. The van der Waals surface area contributed by atoms with Crippen LogP contribution in [0, 0.1) is 21.7 Å². The van der Waals surface area contributed by atoms with Gasteiger partial charge in [-0.2, -0.15) is 0 Å². The molecule has 0 aliphatic carbocycles. The van der Waals surface area contributed by atoms with Crippen molar-refractivity contribution in [2.75, 3.05) is 0 Å². The van der Waals surface area contributed by atoms with Crippen LogP contribution < -0.4 is 0 Å². The van der Waals surface area contributed by atoms with Crippen molar-refractivity contribution in [2.24, 2.45) is 21.7 Å². The van der Waals surface area contributed by atoms with Gasteiger partial charge in [0.2, 0.25) is 0 Å². The molecule has 418 valence electrons. The van der Waals surface area contributed by atoms with E-state index in [-0.39, 0.29) is 83.5 Å². The zero-order valence-corrected chi connectivity index (χ0v) is 48.0. The largest absolute Gasteiger partial charge is 0.480 e. The third kappa shape index (κ3) is 12.8. The number of fused-ring (bicyclic) bond motifs is 4. The maximum Gasteiger partial charge on any atom is 0.327 e. The average Bonchev–Trinajstić information content (AvgIpc) is 3.90. The maximum absolute atomic E-state index is 12.2. The molecule has 0 saturated heterocycles. The predicted octanol–water partition coefficient (Wildman–Crippen LogP) is 7.12. The number of carboxylic acid groups (broad SMARTS) is 4. The van der Waals surface area contributed by atoms with Crippen LogP contribution in [0.1, 0.15) is 166 Å². The molecule has 0 bridgehead atoms. The zero-order chi connectivity index (χ0) is 57.5. The van der Waals surface area contributed by atoms with Gasteiger partial charge in [0.15, 0.2) is 0 Å². The molecule has 2 radical (unpaired) electrons. The fourth-order valence-corrected chi connectivity index (χ4v) is 9.24. The first-order valence-corrected chi connectivity index (χ1v) is 23.8. The van der Waals surface area contributed by atoms with Crippen molar-refractivity contribution in [2.45, 2.75) is 107 Å². The Morgan fingerprint density at radius 3 is 0.462 bits per heavy atom. The molecule has 0 fully saturated rings. The Hall–Kier alpha value is -7.43. The minimum Gasteiger partial charge on any atom is -0.480 e. The number of hydrogen-bond acceptors (Lipinski definition) is 12. The summed E-state index contributed by atoms with van der Waals surface area (Å²) in [7, 11) is 0. The molecular formula is C56H60N4O16Rh2. The van der Waals surface area contributed by atoms with E-state index in [0.29, 0.717) is 0 Å². The second-order valence-electron chi connectivity index (χ2n) is 22.5. The van der Waals surface area contributed by atoms with Crippen LogP contribution in [0.4, 0.5) is 0 Å². The molecule has 8 amide bonds. The summed E-state index contributed by atoms with van der Waals surface area (Å²) in [6.45, 7) is 20.3. The summed E-state index contributed by atoms with van der Waals surface area (Å²) < 4.78 is 0. The van der Waals surface area contributed by atoms with Crippen molar-refractivity contribution < 1.29 is 117 Å². The van der Waals surface area contributed by atoms with E-state index in [1.165, 1.54) is 48.5 Å². The van der Waals surface area contributed by atoms with E-state index in [4.69, 9.17) is 0 Å². The average molecular weight is 1250 g/mol. The predicted molar refractivity (Wildman–Crippen MR) is 271 cm³/mol. The third-order valence-corrected chi connectivity index (χ3v) is 12.6. The first-order valence-electron chi connectivity index (χ1n) is 23.8. The number of aliphatic carboxylic acids is 4. The van der Waals surface area contributed by atoms with Crippen LogP contribution in [0.2, 0.25) is 0 Å². The van der Waals surface area contributed by atoms with Crippen LogP contribution in [-0.4, -0.2) is 135 Å². The van der Waals surface area contributed by atoms with Crippen LogP contribution in [0.15, 0.2) is 97.1 Å². The Morgan fingerprint density at radius 1 is 0.282 bits per heavy atom. The van der Waals surface area contributed by atoms with E-state index in [1.807, 2.05) is 0 Å². The second kappa shape index (κ2) is 24.1. The molecule has 0 aromatic heterocycles. The van der Waals surface area contributed by atoms with Crippen LogP contribution in [0.25, 0.3) is 0 Å². The number of nitrogens with zero attached hydrogens (tertiary/aromatic N) is 4. The van der Waals surface area contributed by atoms with Gasteiger partial charge >= 0.3 is 23.9 Å². The molecule has 4 aromatic carbocycles. The Morgan fingerprint density at radius 2 is 0.385 bits per heavy atom. The van der Waals surface area contributed by atoms with E-state index in [0.717, 1.165) is 19.6 Å². The summed E-state index contributed by atoms with van der Waals surface area (Å²) in [5.41, 5.74) is -0.814. The SMILES string of the molecule is CC(C)(C)[C@@H](C(=O)O)N1C(=O)c2ccccc2C1=O.CC(C)(C)[C@@H](C(=O)O)N1C(=O)c2ccccc2C1=O.CC(C)(C)[C@@H](C(=O)O)N1C(=O)c2ccccc2C1=O.CC(C)(C)[C@@H](C(=O)O)N1C(=O)c2ccccc2C1=O.[Rh].[Rh]. The van der Waals surface area contributed by atoms with Crippen molar-refractivity contribution >= 4 is 71.1 Å². The van der Waals surface area contributed by atoms with Gasteiger partial charge in [0, 0.05) is 39.0 Å². The Labute approximate surface area is 475 Å². The number of amides is 8. The number of rotatable bonds is 8. The molecular weight excluding hydrogens is 1190 g/mol. The molecule has 4 heterocycles. The van der Waals surface area contributed by atoms with Gasteiger partial charge in [-0.15, -0.1) is 0 Å². The van der Waals surface area contributed by atoms with Crippen molar-refractivity contribution in [3.63, 3.8) is 0 Å². The van der Waals surface area contributed by atoms with E-state index in [9.17, 15) is 78.0 Å². The molecule has 0 saturated carbocycles. The van der Waals surface area contributed by atoms with Gasteiger partial charge in [-0.1, -0.05) is 132 Å². The van der Waals surface area contributed by atoms with E-state index in [1.54, 1.807) is 132 Å². The summed E-state index contributed by atoms with van der Waals surface area (Å²) in [6, 6.07) is 20.8. The topological polar surface area (TPSA) is 299 Å². The number of carbonyl (C=O) groups is 12. The normalized spacial score (nSPS) is 16.1. The number of hydrogen-bond donors (Lipinski definition) is 4. The number of carboxylic acids is 4. The van der Waals surface area contributed by atoms with Gasteiger partial charge in [-0.3, -0.25) is 58.0 Å². The van der Waals surface area contributed by atoms with E-state index in [2.05, 4.69) is 0 Å². The van der Waals surface area contributed by atoms with E-state index < -0.39 is 117 Å². The summed E-state index contributed by atoms with van der Waals surface area (Å²) in [4.78, 5) is 147. The molecule has 78 heavy (non-hydrogen) atoms. The standard InChI is InChI=1S/4C14H15NO4.2Rh/c4*1-14(2,3)10(13(18)19)15-11(16)8-6-4-5-7-9(8)12(15)17;;/h4*4-7,10H,1-3H3,(H,18,19);;/t4*10-;;/m1111../s1. The van der Waals surface area contributed by atoms with Gasteiger partial charge in [0.25, 0.3) is 47.3 Å². The van der Waals surface area contributed by atoms with Crippen LogP contribution >= 0.6 is 0 Å². The van der Waals surface area contributed by atoms with Gasteiger partial charge < -0.3 is 20.4 Å². The molecule has 20 nitrogen and oxygen atoms in total. The fraction of sp³-hybridized carbons (Fsp3) is 0.357. The maximum atomic E-state index is 12.2. The van der Waals surface area contributed by atoms with Crippen molar-refractivity contribution in [1.82, 2.24) is 19.6 Å². The fourth-order valence-electron chi connectivity index (χ4n) is 9.24. The van der Waals surface area contributed by atoms with Crippen LogP contribution in [0.3, 0.4) is 0 Å². The summed E-state index contributed by atoms with van der Waals surface area (Å²) in [5, 5.41) is 37.4. The molecule has 4 aliphatic rings. The number of benzene rings is 4. The van der Waals surface area contributed by atoms with Gasteiger partial charge in [0.1, 0.15) is 24.2 Å². The van der Waals surface area contributed by atoms with Crippen LogP contribution in [-0.2, 0) is 58.1 Å². The molecule has 4 aromatic rings. The van der Waals surface area contributed by atoms with Crippen molar-refractivity contribution in [3.05, 3.63) is 142 Å². The minimum absolute atomic E-state index is 0. The van der Waals surface area contributed by atoms with Crippen molar-refractivity contribution in [3.8, 4) is 0 Å². The summed E-state index contributed by atoms with van der Waals surface area (Å²) in [5.74, 6) is -9.03. The zero-order valence-electron chi connectivity index (χ0n) is 44.7. The molecule has 0 unspecified atom stereocenters. The monoisotopic (exact) mass is 1250 g/mol. The third-order valence-electron chi connectivity index (χ3n) is 12.6. The minimum atomic E-state index is -1.18. The Kier molecular flexibility index (Phi) is 20.0.